The fraction of sp³-hybridized carbons (Fsp3) is 0.375. The molecule has 0 atom stereocenters. The summed E-state index contributed by atoms with van der Waals surface area (Å²) in [7, 11) is 0. The fourth-order valence-corrected chi connectivity index (χ4v) is 1.91. The van der Waals surface area contributed by atoms with Crippen LogP contribution in [0.15, 0.2) is 4.99 Å². The van der Waals surface area contributed by atoms with Gasteiger partial charge in [0.1, 0.15) is 4.88 Å². The van der Waals surface area contributed by atoms with E-state index in [0.717, 1.165) is 17.8 Å². The van der Waals surface area contributed by atoms with Crippen molar-refractivity contribution in [2.24, 2.45) is 16.5 Å². The van der Waals surface area contributed by atoms with Crippen LogP contribution in [0, 0.1) is 0 Å². The van der Waals surface area contributed by atoms with Crippen molar-refractivity contribution < 1.29 is 9.90 Å². The second-order valence-corrected chi connectivity index (χ2v) is 3.84. The molecule has 16 heavy (non-hydrogen) atoms. The number of aryl methyl sites for hydroxylation is 1. The number of guanidine groups is 1. The summed E-state index contributed by atoms with van der Waals surface area (Å²) in [6, 6.07) is 0. The molecule has 0 fully saturated rings. The molecule has 1 rings (SSSR count). The molecule has 8 heteroatoms. The van der Waals surface area contributed by atoms with Gasteiger partial charge >= 0.3 is 5.97 Å². The highest BCUT2D eigenvalue weighted by Crippen LogP contribution is 2.26. The first-order valence-electron chi connectivity index (χ1n) is 4.37. The van der Waals surface area contributed by atoms with Gasteiger partial charge in [0, 0.05) is 0 Å². The summed E-state index contributed by atoms with van der Waals surface area (Å²) in [5.41, 5.74) is 10.9. The first-order valence-corrected chi connectivity index (χ1v) is 5.18. The molecule has 0 spiro atoms. The fourth-order valence-electron chi connectivity index (χ4n) is 1.07. The van der Waals surface area contributed by atoms with Gasteiger partial charge in [-0.25, -0.2) is 9.78 Å². The molecule has 0 unspecified atom stereocenters. The molecule has 0 aliphatic heterocycles. The van der Waals surface area contributed by atoms with Gasteiger partial charge in [-0.3, -0.25) is 0 Å². The lowest BCUT2D eigenvalue weighted by Crippen LogP contribution is -2.21. The van der Waals surface area contributed by atoms with Crippen molar-refractivity contribution in [3.63, 3.8) is 0 Å². The molecule has 6 nitrogen and oxygen atoms in total. The Balaban J connectivity index is 0.00000225. The molecule has 5 N–H and O–H groups in total. The number of hydrogen-bond acceptors (Lipinski definition) is 4. The van der Waals surface area contributed by atoms with Gasteiger partial charge in [0.25, 0.3) is 0 Å². The van der Waals surface area contributed by atoms with E-state index in [0.29, 0.717) is 12.1 Å². The first-order chi connectivity index (χ1) is 7.04. The van der Waals surface area contributed by atoms with E-state index < -0.39 is 5.97 Å². The Bertz CT molecular complexity index is 401. The number of nitrogens with two attached hydrogens (primary N) is 2. The lowest BCUT2D eigenvalue weighted by Gasteiger charge is -1.92. The van der Waals surface area contributed by atoms with Crippen LogP contribution in [0.25, 0.3) is 0 Å². The predicted molar refractivity (Wildman–Crippen MR) is 68.9 cm³/mol. The zero-order valence-corrected chi connectivity index (χ0v) is 11.2. The van der Waals surface area contributed by atoms with Gasteiger partial charge in [0.05, 0.1) is 5.69 Å². The molecule has 1 aromatic heterocycles. The second-order valence-electron chi connectivity index (χ2n) is 2.86. The summed E-state index contributed by atoms with van der Waals surface area (Å²) < 4.78 is 0. The molecule has 0 bridgehead atoms. The molecule has 0 aromatic carbocycles. The molecule has 0 saturated carbocycles. The van der Waals surface area contributed by atoms with E-state index in [1.165, 1.54) is 0 Å². The Morgan fingerprint density at radius 2 is 2.19 bits per heavy atom. The van der Waals surface area contributed by atoms with Gasteiger partial charge in [-0.15, -0.1) is 17.0 Å². The number of aliphatic imine (C=N–C) groups is 1. The van der Waals surface area contributed by atoms with Crippen LogP contribution in [0.3, 0.4) is 0 Å². The van der Waals surface area contributed by atoms with Crippen LogP contribution in [0.1, 0.15) is 28.7 Å². The van der Waals surface area contributed by atoms with Crippen LogP contribution in [0.5, 0.6) is 0 Å². The highest BCUT2D eigenvalue weighted by atomic mass is 79.9. The Morgan fingerprint density at radius 3 is 2.62 bits per heavy atom. The van der Waals surface area contributed by atoms with E-state index in [1.54, 1.807) is 0 Å². The van der Waals surface area contributed by atoms with Crippen molar-refractivity contribution in [1.82, 2.24) is 4.98 Å². The van der Waals surface area contributed by atoms with Crippen molar-refractivity contribution >= 4 is 45.4 Å². The normalized spacial score (nSPS) is 9.31. The van der Waals surface area contributed by atoms with E-state index >= 15 is 0 Å². The highest BCUT2D eigenvalue weighted by Gasteiger charge is 2.16. The monoisotopic (exact) mass is 308 g/mol. The number of nitrogens with zero attached hydrogens (tertiary/aromatic N) is 2. The Labute approximate surface area is 107 Å². The van der Waals surface area contributed by atoms with Crippen molar-refractivity contribution in [3.05, 3.63) is 10.6 Å². The van der Waals surface area contributed by atoms with Crippen LogP contribution in [-0.4, -0.2) is 22.0 Å². The highest BCUT2D eigenvalue weighted by molar-refractivity contribution is 8.93. The van der Waals surface area contributed by atoms with Gasteiger partial charge in [-0.2, -0.15) is 4.99 Å². The second kappa shape index (κ2) is 6.44. The third-order valence-electron chi connectivity index (χ3n) is 1.59. The SMILES string of the molecule is Br.CCCc1nc(N=C(N)N)sc1C(=O)O. The maximum Gasteiger partial charge on any atom is 0.347 e. The zero-order valence-electron chi connectivity index (χ0n) is 8.64. The molecule has 90 valence electrons. The molecule has 1 aromatic rings. The average molecular weight is 309 g/mol. The number of hydrogen-bond donors (Lipinski definition) is 3. The number of carbonyl (C=O) groups is 1. The zero-order chi connectivity index (χ0) is 11.4. The van der Waals surface area contributed by atoms with Crippen LogP contribution >= 0.6 is 28.3 Å². The van der Waals surface area contributed by atoms with Crippen molar-refractivity contribution in [1.29, 1.82) is 0 Å². The summed E-state index contributed by atoms with van der Waals surface area (Å²) in [6.07, 6.45) is 1.43. The van der Waals surface area contributed by atoms with E-state index in [2.05, 4.69) is 9.98 Å². The number of halogens is 1. The predicted octanol–water partition coefficient (Wildman–Crippen LogP) is 1.28. The summed E-state index contributed by atoms with van der Waals surface area (Å²) in [5.74, 6) is -1.11. The lowest BCUT2D eigenvalue weighted by molar-refractivity contribution is 0.0700. The Hall–Kier alpha value is -1.15. The van der Waals surface area contributed by atoms with E-state index in [4.69, 9.17) is 16.6 Å². The topological polar surface area (TPSA) is 115 Å². The lowest BCUT2D eigenvalue weighted by atomic mass is 10.2. The minimum atomic E-state index is -0.993. The summed E-state index contributed by atoms with van der Waals surface area (Å²) in [5, 5.41) is 9.19. The van der Waals surface area contributed by atoms with Gasteiger partial charge in [-0.1, -0.05) is 24.7 Å². The third-order valence-corrected chi connectivity index (χ3v) is 2.57. The maximum atomic E-state index is 10.9. The Kier molecular flexibility index (Phi) is 5.97. The van der Waals surface area contributed by atoms with Gasteiger partial charge in [-0.05, 0) is 6.42 Å². The third kappa shape index (κ3) is 3.78. The average Bonchev–Trinajstić information content (AvgIpc) is 2.47. The summed E-state index contributed by atoms with van der Waals surface area (Å²) >= 11 is 0.978. The molecular weight excluding hydrogens is 296 g/mol. The molecule has 0 aliphatic carbocycles. The largest absolute Gasteiger partial charge is 0.477 e. The number of carboxylic acid groups (broad SMARTS) is 1. The summed E-state index contributed by atoms with van der Waals surface area (Å²) in [4.78, 5) is 18.8. The van der Waals surface area contributed by atoms with Crippen LogP contribution < -0.4 is 11.5 Å². The first kappa shape index (κ1) is 14.8. The quantitative estimate of drug-likeness (QED) is 0.572. The van der Waals surface area contributed by atoms with E-state index in [1.807, 2.05) is 6.92 Å². The number of thiazole rings is 1. The number of aromatic carboxylic acids is 1. The molecular formula is C8H13BrN4O2S. The molecule has 1 heterocycles. The molecule has 0 saturated heterocycles. The van der Waals surface area contributed by atoms with E-state index in [9.17, 15) is 4.79 Å². The van der Waals surface area contributed by atoms with Gasteiger partial charge in [0.15, 0.2) is 5.96 Å². The standard InChI is InChI=1S/C8H12N4O2S.BrH/c1-2-3-4-5(6(13)14)15-8(11-4)12-7(9)10;/h2-3H2,1H3,(H,13,14)(H4,9,10,11,12);1H. The number of rotatable bonds is 4. The minimum Gasteiger partial charge on any atom is -0.477 e. The van der Waals surface area contributed by atoms with E-state index in [-0.39, 0.29) is 32.9 Å². The minimum absolute atomic E-state index is 0. The molecule has 0 radical (unpaired) electrons. The van der Waals surface area contributed by atoms with Gasteiger partial charge < -0.3 is 16.6 Å². The smallest absolute Gasteiger partial charge is 0.347 e. The van der Waals surface area contributed by atoms with Crippen molar-refractivity contribution in [3.8, 4) is 0 Å². The Morgan fingerprint density at radius 1 is 1.56 bits per heavy atom. The van der Waals surface area contributed by atoms with Crippen LogP contribution in [0.4, 0.5) is 5.13 Å². The summed E-state index contributed by atoms with van der Waals surface area (Å²) in [6.45, 7) is 1.95. The van der Waals surface area contributed by atoms with Crippen molar-refractivity contribution in [2.75, 3.05) is 0 Å². The molecule has 0 aliphatic rings. The van der Waals surface area contributed by atoms with Gasteiger partial charge in [0.2, 0.25) is 5.13 Å². The number of carboxylic acids is 1. The van der Waals surface area contributed by atoms with Crippen LogP contribution in [0.2, 0.25) is 0 Å². The van der Waals surface area contributed by atoms with Crippen molar-refractivity contribution in [2.45, 2.75) is 19.8 Å². The van der Waals surface area contributed by atoms with Crippen LogP contribution in [-0.2, 0) is 6.42 Å². The maximum absolute atomic E-state index is 10.9. The molecule has 0 amide bonds. The number of aromatic nitrogens is 1.